The summed E-state index contributed by atoms with van der Waals surface area (Å²) in [7, 11) is 0. The lowest BCUT2D eigenvalue weighted by molar-refractivity contribution is -0.120. The highest BCUT2D eigenvalue weighted by Crippen LogP contribution is 2.31. The molecule has 1 aliphatic heterocycles. The van der Waals surface area contributed by atoms with Gasteiger partial charge in [0.1, 0.15) is 0 Å². The number of hydrogen-bond acceptors (Lipinski definition) is 6. The molecule has 1 aromatic carbocycles. The molecule has 2 aromatic rings. The summed E-state index contributed by atoms with van der Waals surface area (Å²) in [5.74, 6) is 0.875. The Bertz CT molecular complexity index is 814. The Balaban J connectivity index is 1.65. The van der Waals surface area contributed by atoms with Crippen molar-refractivity contribution in [3.63, 3.8) is 0 Å². The van der Waals surface area contributed by atoms with Crippen LogP contribution in [-0.2, 0) is 9.53 Å². The van der Waals surface area contributed by atoms with E-state index in [1.165, 1.54) is 11.8 Å². The largest absolute Gasteiger partial charge is 0.378 e. The summed E-state index contributed by atoms with van der Waals surface area (Å²) in [6.45, 7) is 6.94. The average Bonchev–Trinajstić information content (AvgIpc) is 3.40. The number of hydrogen-bond donors (Lipinski definition) is 1. The average molecular weight is 388 g/mol. The van der Waals surface area contributed by atoms with Gasteiger partial charge in [0.15, 0.2) is 5.16 Å². The number of anilines is 1. The molecule has 0 spiro atoms. The predicted molar refractivity (Wildman–Crippen MR) is 106 cm³/mol. The van der Waals surface area contributed by atoms with Gasteiger partial charge in [0.05, 0.1) is 24.2 Å². The molecular weight excluding hydrogens is 362 g/mol. The van der Waals surface area contributed by atoms with E-state index in [-0.39, 0.29) is 11.2 Å². The topological polar surface area (TPSA) is 72.3 Å². The first kappa shape index (κ1) is 18.3. The second-order valence-corrected chi connectivity index (χ2v) is 8.35. The van der Waals surface area contributed by atoms with E-state index in [1.54, 1.807) is 0 Å². The Labute approximate surface area is 163 Å². The van der Waals surface area contributed by atoms with Gasteiger partial charge in [0, 0.05) is 19.1 Å². The number of ether oxygens (including phenoxy) is 1. The first-order valence-electron chi connectivity index (χ1n) is 9.44. The Morgan fingerprint density at radius 3 is 2.70 bits per heavy atom. The Kier molecular flexibility index (Phi) is 5.36. The first-order chi connectivity index (χ1) is 13.1. The molecule has 1 aromatic heterocycles. The van der Waals surface area contributed by atoms with Crippen LogP contribution < -0.4 is 10.2 Å². The van der Waals surface area contributed by atoms with Crippen molar-refractivity contribution in [3.8, 4) is 5.69 Å². The van der Waals surface area contributed by atoms with Crippen LogP contribution in [0.25, 0.3) is 5.69 Å². The molecule has 2 aliphatic rings. The fraction of sp³-hybridized carbons (Fsp3) is 0.526. The summed E-state index contributed by atoms with van der Waals surface area (Å²) in [4.78, 5) is 14.6. The number of carbonyl (C=O) groups excluding carboxylic acids is 1. The fourth-order valence-electron chi connectivity index (χ4n) is 3.09. The molecule has 1 atom stereocenters. The Morgan fingerprint density at radius 2 is 2.00 bits per heavy atom. The molecule has 144 valence electrons. The number of nitrogens with zero attached hydrogens (tertiary/aromatic N) is 4. The molecule has 1 saturated heterocycles. The van der Waals surface area contributed by atoms with E-state index in [1.807, 2.05) is 19.1 Å². The van der Waals surface area contributed by atoms with Crippen LogP contribution in [0.2, 0.25) is 0 Å². The third kappa shape index (κ3) is 4.11. The van der Waals surface area contributed by atoms with Gasteiger partial charge in [0.25, 0.3) is 0 Å². The van der Waals surface area contributed by atoms with Crippen molar-refractivity contribution in [3.05, 3.63) is 29.8 Å². The van der Waals surface area contributed by atoms with Crippen LogP contribution >= 0.6 is 11.8 Å². The van der Waals surface area contributed by atoms with Crippen LogP contribution in [0.5, 0.6) is 0 Å². The number of thioether (sulfide) groups is 1. The molecule has 0 radical (unpaired) electrons. The van der Waals surface area contributed by atoms with Crippen LogP contribution in [0.15, 0.2) is 29.4 Å². The van der Waals surface area contributed by atoms with Crippen molar-refractivity contribution in [1.29, 1.82) is 0 Å². The molecule has 1 amide bonds. The van der Waals surface area contributed by atoms with E-state index >= 15 is 0 Å². The summed E-state index contributed by atoms with van der Waals surface area (Å²) in [5.41, 5.74) is 2.19. The highest BCUT2D eigenvalue weighted by atomic mass is 32.2. The zero-order valence-corrected chi connectivity index (χ0v) is 16.5. The van der Waals surface area contributed by atoms with Gasteiger partial charge in [-0.05, 0) is 38.3 Å². The highest BCUT2D eigenvalue weighted by Gasteiger charge is 2.28. The predicted octanol–water partition coefficient (Wildman–Crippen LogP) is 2.17. The number of carbonyl (C=O) groups is 1. The zero-order valence-electron chi connectivity index (χ0n) is 15.7. The van der Waals surface area contributed by atoms with Crippen molar-refractivity contribution < 1.29 is 9.53 Å². The van der Waals surface area contributed by atoms with Crippen molar-refractivity contribution in [2.75, 3.05) is 31.2 Å². The molecule has 8 heteroatoms. The first-order valence-corrected chi connectivity index (χ1v) is 10.3. The number of aromatic nitrogens is 3. The van der Waals surface area contributed by atoms with E-state index < -0.39 is 0 Å². The molecule has 7 nitrogen and oxygen atoms in total. The normalized spacial score (nSPS) is 18.4. The van der Waals surface area contributed by atoms with Crippen LogP contribution in [0.4, 0.5) is 5.95 Å². The second-order valence-electron chi connectivity index (χ2n) is 7.05. The van der Waals surface area contributed by atoms with Gasteiger partial charge in [-0.25, -0.2) is 0 Å². The standard InChI is InChI=1S/C19H25N5O2S/c1-13-5-3-4-6-16(13)24-18(23-9-11-26-12-10-23)21-22-19(24)27-14(2)17(25)20-15-7-8-15/h3-6,14-15H,7-12H2,1-2H3,(H,20,25)/t14-/m0/s1. The van der Waals surface area contributed by atoms with Crippen LogP contribution in [0.3, 0.4) is 0 Å². The van der Waals surface area contributed by atoms with Gasteiger partial charge in [-0.2, -0.15) is 0 Å². The van der Waals surface area contributed by atoms with Crippen LogP contribution in [0, 0.1) is 6.92 Å². The second kappa shape index (κ2) is 7.90. The molecular formula is C19H25N5O2S. The SMILES string of the molecule is Cc1ccccc1-n1c(S[C@@H](C)C(=O)NC2CC2)nnc1N1CCOCC1. The van der Waals surface area contributed by atoms with Gasteiger partial charge in [-0.3, -0.25) is 9.36 Å². The van der Waals surface area contributed by atoms with Gasteiger partial charge in [-0.15, -0.1) is 10.2 Å². The monoisotopic (exact) mass is 387 g/mol. The molecule has 0 unspecified atom stereocenters. The maximum atomic E-state index is 12.4. The van der Waals surface area contributed by atoms with Gasteiger partial charge >= 0.3 is 0 Å². The summed E-state index contributed by atoms with van der Waals surface area (Å²) in [6.07, 6.45) is 2.17. The summed E-state index contributed by atoms with van der Waals surface area (Å²) >= 11 is 1.46. The summed E-state index contributed by atoms with van der Waals surface area (Å²) < 4.78 is 7.55. The number of rotatable bonds is 6. The number of morpholine rings is 1. The number of aryl methyl sites for hydroxylation is 1. The number of amides is 1. The maximum Gasteiger partial charge on any atom is 0.233 e. The maximum absolute atomic E-state index is 12.4. The van der Waals surface area contributed by atoms with Gasteiger partial charge < -0.3 is 15.0 Å². The van der Waals surface area contributed by atoms with Crippen molar-refractivity contribution in [2.24, 2.45) is 0 Å². The summed E-state index contributed by atoms with van der Waals surface area (Å²) in [5, 5.41) is 12.5. The summed E-state index contributed by atoms with van der Waals surface area (Å²) in [6, 6.07) is 8.55. The lowest BCUT2D eigenvalue weighted by atomic mass is 10.2. The molecule has 2 heterocycles. The van der Waals surface area contributed by atoms with E-state index in [0.717, 1.165) is 48.3 Å². The molecule has 1 N–H and O–H groups in total. The zero-order chi connectivity index (χ0) is 18.8. The molecule has 2 fully saturated rings. The molecule has 0 bridgehead atoms. The third-order valence-corrected chi connectivity index (χ3v) is 5.88. The highest BCUT2D eigenvalue weighted by molar-refractivity contribution is 8.00. The lowest BCUT2D eigenvalue weighted by Crippen LogP contribution is -2.38. The van der Waals surface area contributed by atoms with E-state index in [2.05, 4.69) is 44.0 Å². The number of benzene rings is 1. The molecule has 27 heavy (non-hydrogen) atoms. The number of para-hydroxylation sites is 1. The minimum atomic E-state index is -0.227. The van der Waals surface area contributed by atoms with E-state index in [0.29, 0.717) is 19.3 Å². The van der Waals surface area contributed by atoms with E-state index in [9.17, 15) is 4.79 Å². The minimum Gasteiger partial charge on any atom is -0.378 e. The smallest absolute Gasteiger partial charge is 0.233 e. The van der Waals surface area contributed by atoms with Crippen molar-refractivity contribution in [1.82, 2.24) is 20.1 Å². The minimum absolute atomic E-state index is 0.0646. The van der Waals surface area contributed by atoms with Crippen LogP contribution in [0.1, 0.15) is 25.3 Å². The molecule has 1 saturated carbocycles. The Hall–Kier alpha value is -2.06. The third-order valence-electron chi connectivity index (χ3n) is 4.84. The number of nitrogens with one attached hydrogen (secondary N) is 1. The van der Waals surface area contributed by atoms with Gasteiger partial charge in [0.2, 0.25) is 11.9 Å². The Morgan fingerprint density at radius 1 is 1.26 bits per heavy atom. The fourth-order valence-corrected chi connectivity index (χ4v) is 3.95. The van der Waals surface area contributed by atoms with Gasteiger partial charge in [-0.1, -0.05) is 30.0 Å². The molecule has 4 rings (SSSR count). The molecule has 1 aliphatic carbocycles. The quantitative estimate of drug-likeness (QED) is 0.766. The van der Waals surface area contributed by atoms with E-state index in [4.69, 9.17) is 4.74 Å². The van der Waals surface area contributed by atoms with Crippen molar-refractivity contribution in [2.45, 2.75) is 43.1 Å². The lowest BCUT2D eigenvalue weighted by Gasteiger charge is -2.28. The van der Waals surface area contributed by atoms with Crippen molar-refractivity contribution >= 4 is 23.6 Å². The van der Waals surface area contributed by atoms with Crippen LogP contribution in [-0.4, -0.2) is 58.3 Å².